The molecule has 0 spiro atoms. The van der Waals surface area contributed by atoms with Crippen LogP contribution in [0.25, 0.3) is 0 Å². The quantitative estimate of drug-likeness (QED) is 0.573. The molecule has 0 radical (unpaired) electrons. The van der Waals surface area contributed by atoms with E-state index in [0.29, 0.717) is 6.42 Å². The van der Waals surface area contributed by atoms with Gasteiger partial charge in [0, 0.05) is 37.8 Å². The molecule has 0 aliphatic carbocycles. The largest absolute Gasteiger partial charge is 0.416 e. The lowest BCUT2D eigenvalue weighted by atomic mass is 9.96. The van der Waals surface area contributed by atoms with Crippen molar-refractivity contribution in [2.24, 2.45) is 0 Å². The van der Waals surface area contributed by atoms with Gasteiger partial charge in [-0.1, -0.05) is 26.2 Å². The van der Waals surface area contributed by atoms with Crippen molar-refractivity contribution < 1.29 is 17.6 Å². The fourth-order valence-electron chi connectivity index (χ4n) is 3.09. The van der Waals surface area contributed by atoms with Gasteiger partial charge in [0.1, 0.15) is 5.82 Å². The lowest BCUT2D eigenvalue weighted by Gasteiger charge is -2.35. The standard InChI is InChI=1S/C17H24F4N2.ClH/c1-2-3-4-5-16(23-10-8-22-9-11-23)14-12-13(17(19,20)21)6-7-15(14)18;/h6-7,12,16,22H,2-5,8-11H2,1H3;1H/t16-;/m1./s1. The molecule has 1 fully saturated rings. The highest BCUT2D eigenvalue weighted by molar-refractivity contribution is 5.85. The van der Waals surface area contributed by atoms with Gasteiger partial charge in [0.15, 0.2) is 0 Å². The van der Waals surface area contributed by atoms with E-state index in [9.17, 15) is 17.6 Å². The van der Waals surface area contributed by atoms with Crippen LogP contribution in [-0.2, 0) is 6.18 Å². The molecule has 138 valence electrons. The molecule has 1 saturated heterocycles. The van der Waals surface area contributed by atoms with E-state index in [1.165, 1.54) is 0 Å². The molecule has 1 aliphatic heterocycles. The van der Waals surface area contributed by atoms with Crippen LogP contribution < -0.4 is 5.32 Å². The summed E-state index contributed by atoms with van der Waals surface area (Å²) in [5.74, 6) is -0.543. The molecule has 1 atom stereocenters. The summed E-state index contributed by atoms with van der Waals surface area (Å²) in [6.45, 7) is 5.10. The Hall–Kier alpha value is -0.850. The van der Waals surface area contributed by atoms with Crippen molar-refractivity contribution in [1.29, 1.82) is 0 Å². The molecule has 2 rings (SSSR count). The molecule has 0 bridgehead atoms. The topological polar surface area (TPSA) is 15.3 Å². The molecular weight excluding hydrogens is 344 g/mol. The summed E-state index contributed by atoms with van der Waals surface area (Å²) in [4.78, 5) is 2.10. The van der Waals surface area contributed by atoms with Crippen molar-refractivity contribution in [3.63, 3.8) is 0 Å². The first-order valence-electron chi connectivity index (χ1n) is 8.25. The fourth-order valence-corrected chi connectivity index (χ4v) is 3.09. The first-order chi connectivity index (χ1) is 10.9. The van der Waals surface area contributed by atoms with Gasteiger partial charge in [0.05, 0.1) is 5.56 Å². The van der Waals surface area contributed by atoms with Crippen LogP contribution in [0, 0.1) is 5.82 Å². The van der Waals surface area contributed by atoms with Gasteiger partial charge in [-0.15, -0.1) is 12.4 Å². The second-order valence-electron chi connectivity index (χ2n) is 6.03. The van der Waals surface area contributed by atoms with Gasteiger partial charge in [-0.05, 0) is 24.6 Å². The molecule has 0 aromatic heterocycles. The number of benzene rings is 1. The molecule has 1 aromatic carbocycles. The van der Waals surface area contributed by atoms with E-state index >= 15 is 0 Å². The van der Waals surface area contributed by atoms with E-state index in [-0.39, 0.29) is 24.0 Å². The highest BCUT2D eigenvalue weighted by atomic mass is 35.5. The number of nitrogens with one attached hydrogen (secondary N) is 1. The molecule has 2 nitrogen and oxygen atoms in total. The fraction of sp³-hybridized carbons (Fsp3) is 0.647. The second kappa shape index (κ2) is 9.59. The number of unbranched alkanes of at least 4 members (excludes halogenated alkanes) is 2. The van der Waals surface area contributed by atoms with Gasteiger partial charge in [-0.2, -0.15) is 13.2 Å². The maximum absolute atomic E-state index is 14.3. The zero-order chi connectivity index (χ0) is 16.9. The van der Waals surface area contributed by atoms with Crippen LogP contribution in [0.2, 0.25) is 0 Å². The Morgan fingerprint density at radius 3 is 2.42 bits per heavy atom. The molecule has 7 heteroatoms. The monoisotopic (exact) mass is 368 g/mol. The molecule has 1 heterocycles. The minimum Gasteiger partial charge on any atom is -0.314 e. The van der Waals surface area contributed by atoms with Crippen molar-refractivity contribution in [3.05, 3.63) is 35.1 Å². The molecule has 1 aliphatic rings. The normalized spacial score (nSPS) is 17.4. The predicted molar refractivity (Wildman–Crippen MR) is 90.0 cm³/mol. The Bertz CT molecular complexity index is 502. The van der Waals surface area contributed by atoms with Crippen LogP contribution in [0.15, 0.2) is 18.2 Å². The maximum atomic E-state index is 14.3. The van der Waals surface area contributed by atoms with Gasteiger partial charge in [0.25, 0.3) is 0 Å². The van der Waals surface area contributed by atoms with E-state index in [2.05, 4.69) is 17.1 Å². The minimum atomic E-state index is -4.44. The van der Waals surface area contributed by atoms with E-state index in [4.69, 9.17) is 0 Å². The van der Waals surface area contributed by atoms with Crippen molar-refractivity contribution in [2.45, 2.75) is 44.8 Å². The first-order valence-corrected chi connectivity index (χ1v) is 8.25. The van der Waals surface area contributed by atoms with E-state index in [1.807, 2.05) is 0 Å². The molecule has 1 N–H and O–H groups in total. The zero-order valence-corrected chi connectivity index (χ0v) is 14.7. The highest BCUT2D eigenvalue weighted by Gasteiger charge is 2.33. The first kappa shape index (κ1) is 21.2. The lowest BCUT2D eigenvalue weighted by Crippen LogP contribution is -2.45. The van der Waals surface area contributed by atoms with Gasteiger partial charge < -0.3 is 5.32 Å². The Kier molecular flexibility index (Phi) is 8.46. The molecule has 1 aromatic rings. The summed E-state index contributed by atoms with van der Waals surface area (Å²) in [5.41, 5.74) is -0.595. The number of rotatable bonds is 6. The average molecular weight is 369 g/mol. The number of piperazine rings is 1. The van der Waals surface area contributed by atoms with Crippen molar-refractivity contribution in [1.82, 2.24) is 10.2 Å². The molecule has 0 saturated carbocycles. The van der Waals surface area contributed by atoms with Crippen molar-refractivity contribution in [2.75, 3.05) is 26.2 Å². The van der Waals surface area contributed by atoms with Crippen LogP contribution >= 0.6 is 12.4 Å². The molecule has 0 amide bonds. The maximum Gasteiger partial charge on any atom is 0.416 e. The molecule has 0 unspecified atom stereocenters. The average Bonchev–Trinajstić information content (AvgIpc) is 2.52. The summed E-state index contributed by atoms with van der Waals surface area (Å²) >= 11 is 0. The van der Waals surface area contributed by atoms with Crippen LogP contribution in [0.1, 0.15) is 49.8 Å². The van der Waals surface area contributed by atoms with Crippen molar-refractivity contribution in [3.8, 4) is 0 Å². The molecule has 24 heavy (non-hydrogen) atoms. The van der Waals surface area contributed by atoms with E-state index < -0.39 is 17.6 Å². The Morgan fingerprint density at radius 2 is 1.83 bits per heavy atom. The number of nitrogens with zero attached hydrogens (tertiary/aromatic N) is 1. The number of hydrogen-bond acceptors (Lipinski definition) is 2. The number of hydrogen-bond donors (Lipinski definition) is 1. The third-order valence-electron chi connectivity index (χ3n) is 4.36. The summed E-state index contributed by atoms with van der Waals surface area (Å²) in [5, 5.41) is 3.22. The SMILES string of the molecule is CCCCC[C@H](c1cc(C(F)(F)F)ccc1F)N1CCNCC1.Cl. The Balaban J connectivity index is 0.00000288. The summed E-state index contributed by atoms with van der Waals surface area (Å²) in [7, 11) is 0. The minimum absolute atomic E-state index is 0. The number of halogens is 5. The highest BCUT2D eigenvalue weighted by Crippen LogP contribution is 2.35. The lowest BCUT2D eigenvalue weighted by molar-refractivity contribution is -0.137. The summed E-state index contributed by atoms with van der Waals surface area (Å²) < 4.78 is 53.2. The number of alkyl halides is 3. The van der Waals surface area contributed by atoms with E-state index in [1.54, 1.807) is 0 Å². The second-order valence-corrected chi connectivity index (χ2v) is 6.03. The van der Waals surface area contributed by atoms with Gasteiger partial charge in [-0.25, -0.2) is 4.39 Å². The van der Waals surface area contributed by atoms with Gasteiger partial charge in [-0.3, -0.25) is 4.90 Å². The third-order valence-corrected chi connectivity index (χ3v) is 4.36. The smallest absolute Gasteiger partial charge is 0.314 e. The Labute approximate surface area is 147 Å². The third kappa shape index (κ3) is 5.60. The van der Waals surface area contributed by atoms with Gasteiger partial charge in [0.2, 0.25) is 0 Å². The summed E-state index contributed by atoms with van der Waals surface area (Å²) in [6, 6.07) is 2.48. The van der Waals surface area contributed by atoms with Crippen LogP contribution in [0.3, 0.4) is 0 Å². The van der Waals surface area contributed by atoms with Crippen LogP contribution in [0.5, 0.6) is 0 Å². The Morgan fingerprint density at radius 1 is 1.17 bits per heavy atom. The predicted octanol–water partition coefficient (Wildman–Crippen LogP) is 4.79. The summed E-state index contributed by atoms with van der Waals surface area (Å²) in [6.07, 6.45) is -0.838. The zero-order valence-electron chi connectivity index (χ0n) is 13.8. The van der Waals surface area contributed by atoms with Crippen LogP contribution in [0.4, 0.5) is 17.6 Å². The molecular formula is C17H25ClF4N2. The van der Waals surface area contributed by atoms with E-state index in [0.717, 1.165) is 63.6 Å². The van der Waals surface area contributed by atoms with Crippen molar-refractivity contribution >= 4 is 12.4 Å². The van der Waals surface area contributed by atoms with Crippen LogP contribution in [-0.4, -0.2) is 31.1 Å². The van der Waals surface area contributed by atoms with Gasteiger partial charge >= 0.3 is 6.18 Å².